The number of aryl methyl sites for hydroxylation is 1. The molecule has 0 aliphatic carbocycles. The van der Waals surface area contributed by atoms with Crippen LogP contribution in [0.15, 0.2) is 53.9 Å². The first-order valence-corrected chi connectivity index (χ1v) is 11.8. The summed E-state index contributed by atoms with van der Waals surface area (Å²) in [5.74, 6) is 0.179. The van der Waals surface area contributed by atoms with Crippen molar-refractivity contribution in [2.24, 2.45) is 0 Å². The third-order valence-electron chi connectivity index (χ3n) is 5.36. The molecule has 1 aromatic heterocycles. The van der Waals surface area contributed by atoms with E-state index in [9.17, 15) is 9.59 Å². The molecule has 0 bridgehead atoms. The molecule has 2 amide bonds. The zero-order valence-corrected chi connectivity index (χ0v) is 19.2. The number of amides is 2. The molecular formula is C25H27N3O3S. The van der Waals surface area contributed by atoms with Crippen LogP contribution in [-0.4, -0.2) is 36.0 Å². The minimum Gasteiger partial charge on any atom is -0.479 e. The number of rotatable bonds is 8. The molecule has 0 spiro atoms. The van der Waals surface area contributed by atoms with E-state index in [1.165, 1.54) is 4.90 Å². The third-order valence-corrected chi connectivity index (χ3v) is 6.27. The highest BCUT2D eigenvalue weighted by Gasteiger charge is 2.33. The van der Waals surface area contributed by atoms with Gasteiger partial charge in [0.05, 0.1) is 16.4 Å². The molecule has 7 heteroatoms. The summed E-state index contributed by atoms with van der Waals surface area (Å²) in [7, 11) is 0. The van der Waals surface area contributed by atoms with Gasteiger partial charge in [0.1, 0.15) is 12.3 Å². The molecule has 1 N–H and O–H groups in total. The van der Waals surface area contributed by atoms with Crippen molar-refractivity contribution in [3.63, 3.8) is 0 Å². The Morgan fingerprint density at radius 1 is 1.19 bits per heavy atom. The average molecular weight is 450 g/mol. The molecule has 166 valence electrons. The lowest BCUT2D eigenvalue weighted by Gasteiger charge is -2.32. The van der Waals surface area contributed by atoms with Gasteiger partial charge in [0.25, 0.3) is 5.91 Å². The maximum absolute atomic E-state index is 12.9. The Kier molecular flexibility index (Phi) is 6.85. The number of thiazole rings is 1. The fourth-order valence-electron chi connectivity index (χ4n) is 3.69. The molecule has 1 unspecified atom stereocenters. The first-order valence-electron chi connectivity index (χ1n) is 10.9. The Morgan fingerprint density at radius 2 is 2.00 bits per heavy atom. The van der Waals surface area contributed by atoms with E-state index >= 15 is 0 Å². The lowest BCUT2D eigenvalue weighted by molar-refractivity contribution is -0.128. The van der Waals surface area contributed by atoms with E-state index in [4.69, 9.17) is 9.72 Å². The normalized spacial score (nSPS) is 15.2. The highest BCUT2D eigenvalue weighted by atomic mass is 32.1. The summed E-state index contributed by atoms with van der Waals surface area (Å²) in [6, 6.07) is 15.7. The van der Waals surface area contributed by atoms with Crippen LogP contribution in [0.2, 0.25) is 0 Å². The highest BCUT2D eigenvalue weighted by Crippen LogP contribution is 2.37. The van der Waals surface area contributed by atoms with Gasteiger partial charge in [-0.2, -0.15) is 0 Å². The summed E-state index contributed by atoms with van der Waals surface area (Å²) in [6.45, 7) is 4.31. The van der Waals surface area contributed by atoms with E-state index in [2.05, 4.69) is 12.2 Å². The Labute approximate surface area is 192 Å². The number of hydrogen-bond acceptors (Lipinski definition) is 5. The standard InChI is InChI=1S/C25H27N3O3S/c1-3-7-24-27-20(16-32-24)19-10-11-22-21(14-19)28(25(30)17(2)31-22)15-23(29)26-13-12-18-8-5-4-6-9-18/h4-6,8-11,14,16-17H,3,7,12-13,15H2,1-2H3,(H,26,29). The molecule has 2 aromatic carbocycles. The minimum absolute atomic E-state index is 0.0457. The zero-order chi connectivity index (χ0) is 22.5. The van der Waals surface area contributed by atoms with E-state index < -0.39 is 6.10 Å². The second-order valence-corrected chi connectivity index (χ2v) is 8.77. The number of nitrogens with one attached hydrogen (secondary N) is 1. The monoisotopic (exact) mass is 449 g/mol. The molecule has 1 atom stereocenters. The topological polar surface area (TPSA) is 71.5 Å². The molecule has 0 fully saturated rings. The second-order valence-electron chi connectivity index (χ2n) is 7.83. The number of ether oxygens (including phenoxy) is 1. The third kappa shape index (κ3) is 4.99. The molecule has 4 rings (SSSR count). The minimum atomic E-state index is -0.638. The SMILES string of the molecule is CCCc1nc(-c2ccc3c(c2)N(CC(=O)NCCc2ccccc2)C(=O)C(C)O3)cs1. The summed E-state index contributed by atoms with van der Waals surface area (Å²) in [4.78, 5) is 31.7. The van der Waals surface area contributed by atoms with E-state index in [0.717, 1.165) is 41.1 Å². The summed E-state index contributed by atoms with van der Waals surface area (Å²) >= 11 is 1.64. The number of nitrogens with zero attached hydrogens (tertiary/aromatic N) is 2. The van der Waals surface area contributed by atoms with Crippen molar-refractivity contribution in [2.75, 3.05) is 18.0 Å². The fourth-order valence-corrected chi connectivity index (χ4v) is 4.60. The molecule has 6 nitrogen and oxygen atoms in total. The highest BCUT2D eigenvalue weighted by molar-refractivity contribution is 7.09. The van der Waals surface area contributed by atoms with E-state index in [-0.39, 0.29) is 18.4 Å². The largest absolute Gasteiger partial charge is 0.479 e. The lowest BCUT2D eigenvalue weighted by atomic mass is 10.1. The molecule has 3 aromatic rings. The molecule has 0 radical (unpaired) electrons. The Morgan fingerprint density at radius 3 is 2.78 bits per heavy atom. The van der Waals surface area contributed by atoms with Gasteiger partial charge in [-0.05, 0) is 49.9 Å². The molecule has 1 aliphatic rings. The van der Waals surface area contributed by atoms with Crippen LogP contribution in [0.1, 0.15) is 30.8 Å². The molecule has 0 saturated heterocycles. The van der Waals surface area contributed by atoms with E-state index in [0.29, 0.717) is 18.0 Å². The second kappa shape index (κ2) is 9.96. The van der Waals surface area contributed by atoms with Gasteiger partial charge < -0.3 is 10.1 Å². The van der Waals surface area contributed by atoms with Crippen molar-refractivity contribution in [2.45, 2.75) is 39.2 Å². The van der Waals surface area contributed by atoms with Gasteiger partial charge in [-0.15, -0.1) is 11.3 Å². The van der Waals surface area contributed by atoms with Crippen molar-refractivity contribution in [1.82, 2.24) is 10.3 Å². The quantitative estimate of drug-likeness (QED) is 0.559. The first-order chi connectivity index (χ1) is 15.5. The fraction of sp³-hybridized carbons (Fsp3) is 0.320. The Bertz CT molecular complexity index is 1100. The van der Waals surface area contributed by atoms with Crippen molar-refractivity contribution in [1.29, 1.82) is 0 Å². The number of hydrogen-bond donors (Lipinski definition) is 1. The maximum atomic E-state index is 12.9. The smallest absolute Gasteiger partial charge is 0.268 e. The molecule has 1 aliphatic heterocycles. The van der Waals surface area contributed by atoms with Crippen molar-refractivity contribution < 1.29 is 14.3 Å². The van der Waals surface area contributed by atoms with Crippen LogP contribution in [0, 0.1) is 0 Å². The Hall–Kier alpha value is -3.19. The maximum Gasteiger partial charge on any atom is 0.268 e. The average Bonchev–Trinajstić information content (AvgIpc) is 3.26. The van der Waals surface area contributed by atoms with Crippen LogP contribution in [0.25, 0.3) is 11.3 Å². The van der Waals surface area contributed by atoms with Gasteiger partial charge in [0.15, 0.2) is 6.10 Å². The van der Waals surface area contributed by atoms with Gasteiger partial charge in [0.2, 0.25) is 5.91 Å². The predicted molar refractivity (Wildman–Crippen MR) is 127 cm³/mol. The number of carbonyl (C=O) groups excluding carboxylic acids is 2. The van der Waals surface area contributed by atoms with E-state index in [1.54, 1.807) is 18.3 Å². The van der Waals surface area contributed by atoms with Crippen molar-refractivity contribution in [3.05, 3.63) is 64.5 Å². The van der Waals surface area contributed by atoms with Crippen molar-refractivity contribution >= 4 is 28.8 Å². The van der Waals surface area contributed by atoms with Crippen LogP contribution in [0.3, 0.4) is 0 Å². The van der Waals surface area contributed by atoms with Gasteiger partial charge >= 0.3 is 0 Å². The number of carbonyl (C=O) groups is 2. The summed E-state index contributed by atoms with van der Waals surface area (Å²) in [5, 5.41) is 6.05. The molecule has 2 heterocycles. The number of benzene rings is 2. The van der Waals surface area contributed by atoms with Crippen LogP contribution in [0.4, 0.5) is 5.69 Å². The summed E-state index contributed by atoms with van der Waals surface area (Å²) < 4.78 is 5.79. The van der Waals surface area contributed by atoms with Crippen LogP contribution < -0.4 is 15.0 Å². The lowest BCUT2D eigenvalue weighted by Crippen LogP contribution is -2.49. The first kappa shape index (κ1) is 22.0. The van der Waals surface area contributed by atoms with Crippen molar-refractivity contribution in [3.8, 4) is 17.0 Å². The molecule has 32 heavy (non-hydrogen) atoms. The van der Waals surface area contributed by atoms with Crippen LogP contribution in [-0.2, 0) is 22.4 Å². The molecule has 0 saturated carbocycles. The number of aromatic nitrogens is 1. The van der Waals surface area contributed by atoms with Crippen LogP contribution >= 0.6 is 11.3 Å². The van der Waals surface area contributed by atoms with Gasteiger partial charge in [-0.3, -0.25) is 14.5 Å². The van der Waals surface area contributed by atoms with Gasteiger partial charge in [-0.25, -0.2) is 4.98 Å². The number of anilines is 1. The zero-order valence-electron chi connectivity index (χ0n) is 18.3. The van der Waals surface area contributed by atoms with E-state index in [1.807, 2.05) is 53.9 Å². The summed E-state index contributed by atoms with van der Waals surface area (Å²) in [5.41, 5.74) is 3.54. The van der Waals surface area contributed by atoms with Gasteiger partial charge in [-0.1, -0.05) is 37.3 Å². The Balaban J connectivity index is 1.49. The van der Waals surface area contributed by atoms with Gasteiger partial charge in [0, 0.05) is 17.5 Å². The molecular weight excluding hydrogens is 422 g/mol. The van der Waals surface area contributed by atoms with Crippen LogP contribution in [0.5, 0.6) is 5.75 Å². The number of fused-ring (bicyclic) bond motifs is 1. The predicted octanol–water partition coefficient (Wildman–Crippen LogP) is 4.24. The summed E-state index contributed by atoms with van der Waals surface area (Å²) in [6.07, 6.45) is 2.10.